The number of hydrogen-bond donors (Lipinski definition) is 0. The quantitative estimate of drug-likeness (QED) is 0.270. The van der Waals surface area contributed by atoms with Crippen molar-refractivity contribution in [3.05, 3.63) is 78.2 Å². The summed E-state index contributed by atoms with van der Waals surface area (Å²) in [5, 5.41) is 0.496. The molecule has 0 bridgehead atoms. The number of halogens is 2. The highest BCUT2D eigenvalue weighted by atomic mass is 19.1. The minimum atomic E-state index is -0.625. The first kappa shape index (κ1) is 23.3. The van der Waals surface area contributed by atoms with Crippen molar-refractivity contribution in [1.29, 1.82) is 0 Å². The number of nitrogens with zero attached hydrogens (tertiary/aromatic N) is 6. The van der Waals surface area contributed by atoms with Crippen molar-refractivity contribution in [3.8, 4) is 22.4 Å². The second-order valence-corrected chi connectivity index (χ2v) is 9.92. The highest BCUT2D eigenvalue weighted by Crippen LogP contribution is 2.40. The van der Waals surface area contributed by atoms with Gasteiger partial charge in [0.1, 0.15) is 17.2 Å². The Morgan fingerprint density at radius 3 is 2.59 bits per heavy atom. The third-order valence-corrected chi connectivity index (χ3v) is 7.57. The molecule has 0 N–H and O–H groups in total. The van der Waals surface area contributed by atoms with E-state index < -0.39 is 5.82 Å². The molecule has 4 heterocycles. The maximum absolute atomic E-state index is 15.8. The van der Waals surface area contributed by atoms with Gasteiger partial charge in [-0.1, -0.05) is 12.1 Å². The van der Waals surface area contributed by atoms with Crippen molar-refractivity contribution < 1.29 is 8.78 Å². The lowest BCUT2D eigenvalue weighted by atomic mass is 9.96. The lowest BCUT2D eigenvalue weighted by Gasteiger charge is -2.29. The summed E-state index contributed by atoms with van der Waals surface area (Å²) in [6, 6.07) is 9.78. The molecule has 1 aliphatic heterocycles. The molecule has 1 aliphatic rings. The molecule has 186 valence electrons. The van der Waals surface area contributed by atoms with Gasteiger partial charge in [0, 0.05) is 36.3 Å². The normalized spacial score (nSPS) is 15.0. The summed E-state index contributed by atoms with van der Waals surface area (Å²) in [5.74, 6) is -0.472. The van der Waals surface area contributed by atoms with Crippen LogP contribution in [0.3, 0.4) is 0 Å². The maximum atomic E-state index is 15.8. The number of aromatic nitrogens is 4. The first-order chi connectivity index (χ1) is 17.9. The Morgan fingerprint density at radius 2 is 1.84 bits per heavy atom. The van der Waals surface area contributed by atoms with Crippen molar-refractivity contribution in [2.75, 3.05) is 20.1 Å². The van der Waals surface area contributed by atoms with Gasteiger partial charge in [-0.2, -0.15) is 0 Å². The summed E-state index contributed by atoms with van der Waals surface area (Å²) >= 11 is 0. The summed E-state index contributed by atoms with van der Waals surface area (Å²) in [5.41, 5.74) is 3.98. The number of imidazole rings is 1. The number of piperidine rings is 1. The Hall–Kier alpha value is -4.09. The summed E-state index contributed by atoms with van der Waals surface area (Å²) in [6.45, 7) is 10.2. The van der Waals surface area contributed by atoms with Crippen molar-refractivity contribution in [1.82, 2.24) is 24.0 Å². The molecule has 0 saturated carbocycles. The number of rotatable bonds is 4. The number of aryl methyl sites for hydroxylation is 1. The highest BCUT2D eigenvalue weighted by molar-refractivity contribution is 6.00. The van der Waals surface area contributed by atoms with Crippen LogP contribution in [-0.2, 0) is 13.6 Å². The van der Waals surface area contributed by atoms with E-state index in [1.807, 2.05) is 23.9 Å². The molecule has 5 aromatic rings. The van der Waals surface area contributed by atoms with Gasteiger partial charge in [0.15, 0.2) is 0 Å². The van der Waals surface area contributed by atoms with Crippen molar-refractivity contribution in [3.63, 3.8) is 0 Å². The van der Waals surface area contributed by atoms with Gasteiger partial charge < -0.3 is 14.0 Å². The average molecular weight is 497 g/mol. The monoisotopic (exact) mass is 496 g/mol. The van der Waals surface area contributed by atoms with Crippen LogP contribution in [0.25, 0.3) is 49.2 Å². The fourth-order valence-electron chi connectivity index (χ4n) is 5.42. The third-order valence-electron chi connectivity index (χ3n) is 7.57. The van der Waals surface area contributed by atoms with Crippen LogP contribution in [0.5, 0.6) is 0 Å². The van der Waals surface area contributed by atoms with E-state index in [2.05, 4.69) is 21.4 Å². The van der Waals surface area contributed by atoms with Crippen molar-refractivity contribution >= 4 is 27.6 Å². The molecule has 0 spiro atoms. The van der Waals surface area contributed by atoms with Crippen LogP contribution in [0.2, 0.25) is 0 Å². The summed E-state index contributed by atoms with van der Waals surface area (Å²) in [7, 11) is 4.01. The molecule has 2 aromatic carbocycles. The molecular weight excluding hydrogens is 470 g/mol. The smallest absolute Gasteiger partial charge is 0.222 e. The van der Waals surface area contributed by atoms with E-state index >= 15 is 4.39 Å². The zero-order valence-electron chi connectivity index (χ0n) is 20.7. The maximum Gasteiger partial charge on any atom is 0.222 e. The standard InChI is InChI=1S/C29H26F2N6/c1-32-23-6-4-19(14-22(23)30)26-28(21-5-7-24-20(27(21)31)10-13-36(24)3)33-15-25-29(26)34-17-37(25)16-18-8-11-35(2)12-9-18/h4-7,10,13-15,17-18H,8-9,11-12,16H2,2-3H3. The highest BCUT2D eigenvalue weighted by Gasteiger charge is 2.23. The first-order valence-corrected chi connectivity index (χ1v) is 12.4. The predicted molar refractivity (Wildman–Crippen MR) is 141 cm³/mol. The predicted octanol–water partition coefficient (Wildman–Crippen LogP) is 6.43. The van der Waals surface area contributed by atoms with Crippen LogP contribution < -0.4 is 0 Å². The Kier molecular flexibility index (Phi) is 5.73. The second-order valence-electron chi connectivity index (χ2n) is 9.92. The number of pyridine rings is 1. The van der Waals surface area contributed by atoms with Gasteiger partial charge in [0.05, 0.1) is 35.8 Å². The van der Waals surface area contributed by atoms with Crippen LogP contribution >= 0.6 is 0 Å². The Morgan fingerprint density at radius 1 is 1.03 bits per heavy atom. The number of hydrogen-bond acceptors (Lipinski definition) is 3. The third kappa shape index (κ3) is 3.96. The Balaban J connectivity index is 1.54. The van der Waals surface area contributed by atoms with Crippen molar-refractivity contribution in [2.45, 2.75) is 19.4 Å². The average Bonchev–Trinajstić information content (AvgIpc) is 3.49. The second kappa shape index (κ2) is 9.09. The fraction of sp³-hybridized carbons (Fsp3) is 0.276. The molecule has 3 aromatic heterocycles. The summed E-state index contributed by atoms with van der Waals surface area (Å²) in [4.78, 5) is 15.1. The molecule has 0 aliphatic carbocycles. The van der Waals surface area contributed by atoms with Gasteiger partial charge in [-0.05, 0) is 68.7 Å². The van der Waals surface area contributed by atoms with Gasteiger partial charge >= 0.3 is 0 Å². The van der Waals surface area contributed by atoms with Crippen LogP contribution in [-0.4, -0.2) is 44.1 Å². The van der Waals surface area contributed by atoms with Gasteiger partial charge in [-0.25, -0.2) is 18.6 Å². The van der Waals surface area contributed by atoms with E-state index in [-0.39, 0.29) is 11.5 Å². The molecule has 0 atom stereocenters. The molecular formula is C29H26F2N6. The molecule has 8 heteroatoms. The van der Waals surface area contributed by atoms with E-state index in [1.165, 1.54) is 12.1 Å². The van der Waals surface area contributed by atoms with E-state index in [1.54, 1.807) is 30.7 Å². The van der Waals surface area contributed by atoms with Gasteiger partial charge in [0.25, 0.3) is 0 Å². The summed E-state index contributed by atoms with van der Waals surface area (Å²) in [6.07, 6.45) is 7.59. The zero-order chi connectivity index (χ0) is 25.7. The molecule has 0 amide bonds. The number of likely N-dealkylation sites (tertiary alicyclic amines) is 1. The molecule has 1 fully saturated rings. The van der Waals surface area contributed by atoms with E-state index in [9.17, 15) is 4.39 Å². The zero-order valence-corrected chi connectivity index (χ0v) is 20.7. The van der Waals surface area contributed by atoms with E-state index in [4.69, 9.17) is 16.5 Å². The lowest BCUT2D eigenvalue weighted by Crippen LogP contribution is -2.31. The van der Waals surface area contributed by atoms with Crippen LogP contribution in [0.15, 0.2) is 55.1 Å². The first-order valence-electron chi connectivity index (χ1n) is 12.4. The minimum absolute atomic E-state index is 0.0601. The molecule has 37 heavy (non-hydrogen) atoms. The molecule has 0 unspecified atom stereocenters. The van der Waals surface area contributed by atoms with Gasteiger partial charge in [-0.3, -0.25) is 4.98 Å². The van der Waals surface area contributed by atoms with E-state index in [0.717, 1.165) is 43.5 Å². The van der Waals surface area contributed by atoms with Crippen molar-refractivity contribution in [2.24, 2.45) is 13.0 Å². The van der Waals surface area contributed by atoms with Crippen LogP contribution in [0.1, 0.15) is 12.8 Å². The molecule has 1 saturated heterocycles. The Labute approximate surface area is 213 Å². The van der Waals surface area contributed by atoms with Crippen LogP contribution in [0.4, 0.5) is 14.5 Å². The van der Waals surface area contributed by atoms with Gasteiger partial charge in [-0.15, -0.1) is 0 Å². The number of benzene rings is 2. The SMILES string of the molecule is [C-]#[N+]c1ccc(-c2c(-c3ccc4c(ccn4C)c3F)ncc3c2ncn3CC2CCN(C)CC2)cc1F. The van der Waals surface area contributed by atoms with E-state index in [0.29, 0.717) is 39.2 Å². The Bertz CT molecular complexity index is 1680. The summed E-state index contributed by atoms with van der Waals surface area (Å²) < 4.78 is 34.5. The topological polar surface area (TPSA) is 43.2 Å². The minimum Gasteiger partial charge on any atom is -0.350 e. The fourth-order valence-corrected chi connectivity index (χ4v) is 5.42. The largest absolute Gasteiger partial charge is 0.350 e. The molecule has 6 rings (SSSR count). The number of fused-ring (bicyclic) bond motifs is 2. The molecule has 0 radical (unpaired) electrons. The lowest BCUT2D eigenvalue weighted by molar-refractivity contribution is 0.206. The molecule has 6 nitrogen and oxygen atoms in total. The van der Waals surface area contributed by atoms with Crippen LogP contribution in [0, 0.1) is 24.1 Å². The van der Waals surface area contributed by atoms with Gasteiger partial charge in [0.2, 0.25) is 5.69 Å².